The van der Waals surface area contributed by atoms with E-state index >= 15 is 0 Å². The third kappa shape index (κ3) is 4.31. The average Bonchev–Trinajstić information content (AvgIpc) is 3.24. The second-order valence-corrected chi connectivity index (χ2v) is 9.90. The van der Waals surface area contributed by atoms with E-state index in [0.29, 0.717) is 40.6 Å². The molecule has 0 spiro atoms. The van der Waals surface area contributed by atoms with Gasteiger partial charge in [-0.25, -0.2) is 9.55 Å². The van der Waals surface area contributed by atoms with Crippen LogP contribution < -0.4 is 16.2 Å². The SMILES string of the molecule is CNC(=O)c1ccc(-n2c(NC(C)C)nc3c(c2=O)C[C@@H](C)N(C(=O)c2nn(C)c4ccccc24)C3)cc1. The van der Waals surface area contributed by atoms with Crippen molar-refractivity contribution in [3.05, 3.63) is 81.4 Å². The summed E-state index contributed by atoms with van der Waals surface area (Å²) in [5, 5.41) is 11.2. The Hall–Kier alpha value is -4.47. The molecule has 196 valence electrons. The Morgan fingerprint density at radius 2 is 1.79 bits per heavy atom. The first-order valence-electron chi connectivity index (χ1n) is 12.7. The van der Waals surface area contributed by atoms with Gasteiger partial charge < -0.3 is 15.5 Å². The van der Waals surface area contributed by atoms with E-state index < -0.39 is 0 Å². The van der Waals surface area contributed by atoms with E-state index in [1.807, 2.05) is 52.1 Å². The molecule has 10 heteroatoms. The molecule has 2 amide bonds. The van der Waals surface area contributed by atoms with E-state index in [4.69, 9.17) is 4.98 Å². The van der Waals surface area contributed by atoms with Crippen LogP contribution in [0.25, 0.3) is 16.6 Å². The highest BCUT2D eigenvalue weighted by molar-refractivity contribution is 6.05. The topological polar surface area (TPSA) is 114 Å². The number of fused-ring (bicyclic) bond motifs is 2. The van der Waals surface area contributed by atoms with Crippen LogP contribution in [0.1, 0.15) is 52.9 Å². The van der Waals surface area contributed by atoms with Crippen molar-refractivity contribution >= 4 is 28.7 Å². The van der Waals surface area contributed by atoms with Crippen molar-refractivity contribution in [2.24, 2.45) is 7.05 Å². The predicted molar refractivity (Wildman–Crippen MR) is 146 cm³/mol. The molecule has 2 aromatic carbocycles. The molecule has 0 bridgehead atoms. The Bertz CT molecular complexity index is 1600. The lowest BCUT2D eigenvalue weighted by molar-refractivity contribution is 0.0648. The highest BCUT2D eigenvalue weighted by atomic mass is 16.2. The molecule has 0 fully saturated rings. The second kappa shape index (κ2) is 9.77. The average molecular weight is 514 g/mol. The highest BCUT2D eigenvalue weighted by Gasteiger charge is 2.33. The van der Waals surface area contributed by atoms with Crippen molar-refractivity contribution in [2.75, 3.05) is 12.4 Å². The molecule has 0 saturated heterocycles. The quantitative estimate of drug-likeness (QED) is 0.424. The maximum atomic E-state index is 13.8. The molecule has 0 radical (unpaired) electrons. The van der Waals surface area contributed by atoms with Gasteiger partial charge in [0.05, 0.1) is 23.4 Å². The second-order valence-electron chi connectivity index (χ2n) is 9.90. The molecular weight excluding hydrogens is 482 g/mol. The summed E-state index contributed by atoms with van der Waals surface area (Å²) >= 11 is 0. The van der Waals surface area contributed by atoms with E-state index in [2.05, 4.69) is 15.7 Å². The number of hydrogen-bond acceptors (Lipinski definition) is 6. The minimum absolute atomic E-state index is 0.0106. The molecule has 2 N–H and O–H groups in total. The summed E-state index contributed by atoms with van der Waals surface area (Å²) in [7, 11) is 3.40. The van der Waals surface area contributed by atoms with Gasteiger partial charge in [0.15, 0.2) is 5.69 Å². The number of benzene rings is 2. The number of amides is 2. The Morgan fingerprint density at radius 1 is 1.08 bits per heavy atom. The van der Waals surface area contributed by atoms with Crippen molar-refractivity contribution < 1.29 is 9.59 Å². The molecule has 0 aliphatic carbocycles. The zero-order valence-corrected chi connectivity index (χ0v) is 22.1. The number of hydrogen-bond donors (Lipinski definition) is 2. The molecule has 1 aliphatic rings. The molecule has 4 aromatic rings. The lowest BCUT2D eigenvalue weighted by Gasteiger charge is -2.34. The number of aromatic nitrogens is 4. The molecule has 3 heterocycles. The van der Waals surface area contributed by atoms with Gasteiger partial charge in [0.2, 0.25) is 5.95 Å². The third-order valence-electron chi connectivity index (χ3n) is 6.87. The normalized spacial score (nSPS) is 15.0. The maximum absolute atomic E-state index is 13.8. The lowest BCUT2D eigenvalue weighted by Crippen LogP contribution is -2.46. The van der Waals surface area contributed by atoms with Crippen LogP contribution in [0.15, 0.2) is 53.3 Å². The number of nitrogens with zero attached hydrogens (tertiary/aromatic N) is 5. The van der Waals surface area contributed by atoms with Crippen LogP contribution in [0.5, 0.6) is 0 Å². The summed E-state index contributed by atoms with van der Waals surface area (Å²) in [6.45, 7) is 6.08. The highest BCUT2D eigenvalue weighted by Crippen LogP contribution is 2.27. The van der Waals surface area contributed by atoms with Crippen molar-refractivity contribution in [3.8, 4) is 5.69 Å². The Balaban J connectivity index is 1.56. The molecule has 0 saturated carbocycles. The van der Waals surface area contributed by atoms with Crippen LogP contribution in [-0.4, -0.2) is 55.2 Å². The van der Waals surface area contributed by atoms with Crippen LogP contribution in [0.3, 0.4) is 0 Å². The fraction of sp³-hybridized carbons (Fsp3) is 0.321. The molecule has 5 rings (SSSR count). The van der Waals surface area contributed by atoms with Crippen LogP contribution in [0.2, 0.25) is 0 Å². The summed E-state index contributed by atoms with van der Waals surface area (Å²) in [6.07, 6.45) is 0.371. The van der Waals surface area contributed by atoms with Gasteiger partial charge in [-0.3, -0.25) is 19.1 Å². The molecular formula is C28H31N7O3. The van der Waals surface area contributed by atoms with Crippen LogP contribution in [0, 0.1) is 0 Å². The summed E-state index contributed by atoms with van der Waals surface area (Å²) in [4.78, 5) is 46.1. The van der Waals surface area contributed by atoms with Crippen molar-refractivity contribution in [1.82, 2.24) is 29.5 Å². The van der Waals surface area contributed by atoms with E-state index in [9.17, 15) is 14.4 Å². The number of nitrogens with one attached hydrogen (secondary N) is 2. The standard InChI is InChI=1S/C28H31N7O3/c1-16(2)30-28-31-22-15-34(27(38)24-20-8-6-7-9-23(20)33(5)32-24)17(3)14-21(22)26(37)35(28)19-12-10-18(11-13-19)25(36)29-4/h6-13,16-17H,14-15H2,1-5H3,(H,29,36)(H,30,31)/t17-/m1/s1. The van der Waals surface area contributed by atoms with Crippen molar-refractivity contribution in [1.29, 1.82) is 0 Å². The van der Waals surface area contributed by atoms with Gasteiger partial charge in [-0.2, -0.15) is 5.10 Å². The van der Waals surface area contributed by atoms with Gasteiger partial charge in [-0.05, 0) is 57.5 Å². The number of para-hydroxylation sites is 1. The number of carbonyl (C=O) groups excluding carboxylic acids is 2. The van der Waals surface area contributed by atoms with Crippen LogP contribution in [0.4, 0.5) is 5.95 Å². The monoisotopic (exact) mass is 513 g/mol. The minimum Gasteiger partial charge on any atom is -0.355 e. The van der Waals surface area contributed by atoms with E-state index in [1.165, 1.54) is 0 Å². The van der Waals surface area contributed by atoms with Crippen molar-refractivity contribution in [3.63, 3.8) is 0 Å². The first kappa shape index (κ1) is 25.2. The van der Waals surface area contributed by atoms with E-state index in [-0.39, 0.29) is 36.0 Å². The Morgan fingerprint density at radius 3 is 2.47 bits per heavy atom. The van der Waals surface area contributed by atoms with Gasteiger partial charge >= 0.3 is 0 Å². The third-order valence-corrected chi connectivity index (χ3v) is 6.87. The first-order chi connectivity index (χ1) is 18.2. The largest absolute Gasteiger partial charge is 0.355 e. The van der Waals surface area contributed by atoms with Gasteiger partial charge in [-0.1, -0.05) is 18.2 Å². The number of aryl methyl sites for hydroxylation is 1. The summed E-state index contributed by atoms with van der Waals surface area (Å²) in [5.41, 5.74) is 3.34. The van der Waals surface area contributed by atoms with Crippen LogP contribution in [-0.2, 0) is 20.0 Å². The molecule has 10 nitrogen and oxygen atoms in total. The number of carbonyl (C=O) groups is 2. The van der Waals surface area contributed by atoms with E-state index in [0.717, 1.165) is 10.9 Å². The smallest absolute Gasteiger partial charge is 0.275 e. The van der Waals surface area contributed by atoms with Crippen molar-refractivity contribution in [2.45, 2.75) is 45.8 Å². The van der Waals surface area contributed by atoms with Gasteiger partial charge in [-0.15, -0.1) is 0 Å². The predicted octanol–water partition coefficient (Wildman–Crippen LogP) is 2.89. The molecule has 38 heavy (non-hydrogen) atoms. The number of rotatable bonds is 5. The van der Waals surface area contributed by atoms with Gasteiger partial charge in [0, 0.05) is 42.7 Å². The zero-order chi connectivity index (χ0) is 27.1. The summed E-state index contributed by atoms with van der Waals surface area (Å²) in [5.74, 6) is 0.00280. The summed E-state index contributed by atoms with van der Waals surface area (Å²) < 4.78 is 3.25. The lowest BCUT2D eigenvalue weighted by atomic mass is 9.99. The molecule has 0 unspecified atom stereocenters. The Kier molecular flexibility index (Phi) is 6.48. The zero-order valence-electron chi connectivity index (χ0n) is 22.1. The fourth-order valence-corrected chi connectivity index (χ4v) is 4.94. The molecule has 1 atom stereocenters. The van der Waals surface area contributed by atoms with Crippen LogP contribution >= 0.6 is 0 Å². The maximum Gasteiger partial charge on any atom is 0.275 e. The minimum atomic E-state index is -0.224. The number of anilines is 1. The van der Waals surface area contributed by atoms with E-state index in [1.54, 1.807) is 45.5 Å². The van der Waals surface area contributed by atoms with Gasteiger partial charge in [0.25, 0.3) is 17.4 Å². The first-order valence-corrected chi connectivity index (χ1v) is 12.7. The molecule has 1 aliphatic heterocycles. The summed E-state index contributed by atoms with van der Waals surface area (Å²) in [6, 6.07) is 14.3. The Labute approximate surface area is 220 Å². The van der Waals surface area contributed by atoms with Gasteiger partial charge in [0.1, 0.15) is 0 Å². The fourth-order valence-electron chi connectivity index (χ4n) is 4.94. The molecule has 2 aromatic heterocycles.